The van der Waals surface area contributed by atoms with E-state index in [1.54, 1.807) is 42.5 Å². The highest BCUT2D eigenvalue weighted by Gasteiger charge is 2.16. The standard InChI is InChI=1S/C24H24ClN3O4S/c1-17-2-5-20(16-23(17)25)27-33(30,31)22-10-6-19(7-11-22)26-24(29)18-3-8-21(9-4-18)28-12-14-32-15-13-28/h2-11,16,27H,12-15H2,1H3,(H,26,29). The summed E-state index contributed by atoms with van der Waals surface area (Å²) < 4.78 is 33.2. The number of rotatable bonds is 6. The van der Waals surface area contributed by atoms with E-state index < -0.39 is 10.0 Å². The number of benzene rings is 3. The van der Waals surface area contributed by atoms with E-state index in [4.69, 9.17) is 16.3 Å². The lowest BCUT2D eigenvalue weighted by atomic mass is 10.1. The summed E-state index contributed by atoms with van der Waals surface area (Å²) in [7, 11) is -3.79. The number of nitrogens with one attached hydrogen (secondary N) is 2. The number of morpholine rings is 1. The molecule has 7 nitrogen and oxygen atoms in total. The van der Waals surface area contributed by atoms with Gasteiger partial charge in [0.25, 0.3) is 15.9 Å². The van der Waals surface area contributed by atoms with Crippen LogP contribution in [-0.4, -0.2) is 40.6 Å². The van der Waals surface area contributed by atoms with Gasteiger partial charge in [0.1, 0.15) is 0 Å². The zero-order valence-corrected chi connectivity index (χ0v) is 19.6. The SMILES string of the molecule is Cc1ccc(NS(=O)(=O)c2ccc(NC(=O)c3ccc(N4CCOCC4)cc3)cc2)cc1Cl. The van der Waals surface area contributed by atoms with Crippen LogP contribution in [0, 0.1) is 6.92 Å². The number of amides is 1. The number of aryl methyl sites for hydroxylation is 1. The van der Waals surface area contributed by atoms with E-state index in [1.165, 1.54) is 12.1 Å². The maximum atomic E-state index is 12.7. The van der Waals surface area contributed by atoms with Crippen LogP contribution in [0.25, 0.3) is 0 Å². The third kappa shape index (κ3) is 5.65. The normalized spacial score (nSPS) is 14.1. The minimum atomic E-state index is -3.79. The Morgan fingerprint density at radius 2 is 1.58 bits per heavy atom. The molecule has 1 saturated heterocycles. The lowest BCUT2D eigenvalue weighted by Crippen LogP contribution is -2.36. The molecular weight excluding hydrogens is 462 g/mol. The summed E-state index contributed by atoms with van der Waals surface area (Å²) in [5.74, 6) is -0.272. The smallest absolute Gasteiger partial charge is 0.261 e. The Bertz CT molecular complexity index is 1240. The first kappa shape index (κ1) is 23.1. The first-order chi connectivity index (χ1) is 15.8. The zero-order chi connectivity index (χ0) is 23.4. The second-order valence-electron chi connectivity index (χ2n) is 7.69. The summed E-state index contributed by atoms with van der Waals surface area (Å²) in [6.45, 7) is 4.88. The molecule has 4 rings (SSSR count). The van der Waals surface area contributed by atoms with E-state index in [9.17, 15) is 13.2 Å². The molecule has 33 heavy (non-hydrogen) atoms. The number of hydrogen-bond donors (Lipinski definition) is 2. The molecule has 1 fully saturated rings. The highest BCUT2D eigenvalue weighted by Crippen LogP contribution is 2.24. The molecule has 3 aromatic rings. The van der Waals surface area contributed by atoms with Crippen LogP contribution in [0.3, 0.4) is 0 Å². The van der Waals surface area contributed by atoms with Crippen molar-refractivity contribution in [1.29, 1.82) is 0 Å². The summed E-state index contributed by atoms with van der Waals surface area (Å²) in [4.78, 5) is 14.9. The molecule has 9 heteroatoms. The number of halogens is 1. The van der Waals surface area contributed by atoms with Crippen LogP contribution in [0.1, 0.15) is 15.9 Å². The average molecular weight is 486 g/mol. The fourth-order valence-electron chi connectivity index (χ4n) is 3.44. The Kier molecular flexibility index (Phi) is 6.88. The van der Waals surface area contributed by atoms with Crippen LogP contribution in [0.2, 0.25) is 5.02 Å². The third-order valence-corrected chi connectivity index (χ3v) is 7.16. The number of anilines is 3. The van der Waals surface area contributed by atoms with E-state index >= 15 is 0 Å². The molecule has 0 bridgehead atoms. The minimum absolute atomic E-state index is 0.0760. The minimum Gasteiger partial charge on any atom is -0.378 e. The Labute approximate surface area is 198 Å². The van der Waals surface area contributed by atoms with Crippen molar-refractivity contribution in [1.82, 2.24) is 0 Å². The van der Waals surface area contributed by atoms with Gasteiger partial charge in [-0.1, -0.05) is 17.7 Å². The lowest BCUT2D eigenvalue weighted by Gasteiger charge is -2.28. The summed E-state index contributed by atoms with van der Waals surface area (Å²) in [5.41, 5.74) is 3.29. The van der Waals surface area contributed by atoms with E-state index in [0.717, 1.165) is 24.3 Å². The average Bonchev–Trinajstić information content (AvgIpc) is 2.82. The van der Waals surface area contributed by atoms with E-state index in [2.05, 4.69) is 14.9 Å². The monoisotopic (exact) mass is 485 g/mol. The van der Waals surface area contributed by atoms with Gasteiger partial charge < -0.3 is 15.0 Å². The Morgan fingerprint density at radius 1 is 0.939 bits per heavy atom. The molecule has 0 atom stereocenters. The van der Waals surface area contributed by atoms with Crippen LogP contribution < -0.4 is 14.9 Å². The molecule has 0 saturated carbocycles. The molecule has 1 aliphatic rings. The third-order valence-electron chi connectivity index (χ3n) is 5.35. The highest BCUT2D eigenvalue weighted by atomic mass is 35.5. The second-order valence-corrected chi connectivity index (χ2v) is 9.78. The molecule has 1 aliphatic heterocycles. The van der Waals surface area contributed by atoms with Crippen molar-refractivity contribution in [2.24, 2.45) is 0 Å². The summed E-state index contributed by atoms with van der Waals surface area (Å²) in [6, 6.07) is 18.3. The molecule has 172 valence electrons. The molecule has 0 aromatic heterocycles. The van der Waals surface area contributed by atoms with E-state index in [1.807, 2.05) is 19.1 Å². The van der Waals surface area contributed by atoms with Gasteiger partial charge in [0.15, 0.2) is 0 Å². The lowest BCUT2D eigenvalue weighted by molar-refractivity contribution is 0.102. The molecule has 3 aromatic carbocycles. The Hall–Kier alpha value is -3.07. The van der Waals surface area contributed by atoms with E-state index in [-0.39, 0.29) is 10.8 Å². The van der Waals surface area contributed by atoms with Crippen molar-refractivity contribution >= 4 is 44.6 Å². The van der Waals surface area contributed by atoms with Gasteiger partial charge in [-0.2, -0.15) is 0 Å². The first-order valence-electron chi connectivity index (χ1n) is 10.4. The molecule has 0 radical (unpaired) electrons. The maximum Gasteiger partial charge on any atom is 0.261 e. The molecule has 1 amide bonds. The van der Waals surface area contributed by atoms with Crippen molar-refractivity contribution in [3.63, 3.8) is 0 Å². The Morgan fingerprint density at radius 3 is 2.21 bits per heavy atom. The van der Waals surface area contributed by atoms with Gasteiger partial charge in [-0.3, -0.25) is 9.52 Å². The zero-order valence-electron chi connectivity index (χ0n) is 18.0. The molecule has 0 aliphatic carbocycles. The highest BCUT2D eigenvalue weighted by molar-refractivity contribution is 7.92. The largest absolute Gasteiger partial charge is 0.378 e. The topological polar surface area (TPSA) is 87.7 Å². The molecule has 2 N–H and O–H groups in total. The number of ether oxygens (including phenoxy) is 1. The van der Waals surface area contributed by atoms with Crippen molar-refractivity contribution < 1.29 is 17.9 Å². The molecule has 0 unspecified atom stereocenters. The fourth-order valence-corrected chi connectivity index (χ4v) is 4.67. The molecule has 1 heterocycles. The van der Waals surface area contributed by atoms with Crippen molar-refractivity contribution in [2.75, 3.05) is 41.2 Å². The predicted octanol–water partition coefficient (Wildman–Crippen LogP) is 4.54. The van der Waals surface area contributed by atoms with Gasteiger partial charge >= 0.3 is 0 Å². The van der Waals surface area contributed by atoms with Crippen LogP contribution in [-0.2, 0) is 14.8 Å². The van der Waals surface area contributed by atoms with Crippen molar-refractivity contribution in [2.45, 2.75) is 11.8 Å². The first-order valence-corrected chi connectivity index (χ1v) is 12.3. The number of nitrogens with zero attached hydrogens (tertiary/aromatic N) is 1. The fraction of sp³-hybridized carbons (Fsp3) is 0.208. The van der Waals surface area contributed by atoms with Gasteiger partial charge in [0, 0.05) is 35.1 Å². The van der Waals surface area contributed by atoms with Gasteiger partial charge in [-0.15, -0.1) is 0 Å². The van der Waals surface area contributed by atoms with Crippen molar-refractivity contribution in [3.05, 3.63) is 82.9 Å². The van der Waals surface area contributed by atoms with Crippen molar-refractivity contribution in [3.8, 4) is 0 Å². The van der Waals surface area contributed by atoms with Gasteiger partial charge in [-0.25, -0.2) is 8.42 Å². The van der Waals surface area contributed by atoms with Crippen LogP contribution in [0.5, 0.6) is 0 Å². The predicted molar refractivity (Wildman–Crippen MR) is 131 cm³/mol. The summed E-state index contributed by atoms with van der Waals surface area (Å²) in [6.07, 6.45) is 0. The number of carbonyl (C=O) groups excluding carboxylic acids is 1. The summed E-state index contributed by atoms with van der Waals surface area (Å²) in [5, 5.41) is 3.27. The number of sulfonamides is 1. The Balaban J connectivity index is 1.40. The number of hydrogen-bond acceptors (Lipinski definition) is 5. The molecular formula is C24H24ClN3O4S. The van der Waals surface area contributed by atoms with Crippen LogP contribution in [0.15, 0.2) is 71.6 Å². The summed E-state index contributed by atoms with van der Waals surface area (Å²) >= 11 is 6.07. The quantitative estimate of drug-likeness (QED) is 0.535. The second kappa shape index (κ2) is 9.82. The van der Waals surface area contributed by atoms with Gasteiger partial charge in [-0.05, 0) is 73.2 Å². The van der Waals surface area contributed by atoms with Gasteiger partial charge in [0.05, 0.1) is 23.8 Å². The number of carbonyl (C=O) groups is 1. The maximum absolute atomic E-state index is 12.7. The molecule has 0 spiro atoms. The van der Waals surface area contributed by atoms with Gasteiger partial charge in [0.2, 0.25) is 0 Å². The van der Waals surface area contributed by atoms with E-state index in [0.29, 0.717) is 35.2 Å². The van der Waals surface area contributed by atoms with Crippen LogP contribution >= 0.6 is 11.6 Å². The van der Waals surface area contributed by atoms with Crippen LogP contribution in [0.4, 0.5) is 17.1 Å².